The minimum Gasteiger partial charge on any atom is -0.368 e. The van der Waals surface area contributed by atoms with E-state index in [-0.39, 0.29) is 0 Å². The molecule has 1 unspecified atom stereocenters. The summed E-state index contributed by atoms with van der Waals surface area (Å²) >= 11 is 3.06. The van der Waals surface area contributed by atoms with Gasteiger partial charge in [0.1, 0.15) is 6.23 Å². The van der Waals surface area contributed by atoms with Gasteiger partial charge in [-0.2, -0.15) is 0 Å². The standard InChI is InChI=1S/C10H11BrN2O4/c11-4-3-6-5-13(10(16)12-9(6)15)7-1-2-8(14)17-7/h3-5,7-8,14H,1-2H2,(H,12,15,16)/b4-3+/t7?,8-/m0/s1. The van der Waals surface area contributed by atoms with Crippen molar-refractivity contribution >= 4 is 22.0 Å². The molecule has 1 aliphatic rings. The first-order valence-corrected chi connectivity index (χ1v) is 5.99. The molecular formula is C10H11BrN2O4. The number of nitrogens with one attached hydrogen (secondary N) is 1. The number of nitrogens with zero attached hydrogens (tertiary/aromatic N) is 1. The third-order valence-electron chi connectivity index (χ3n) is 2.52. The predicted molar refractivity (Wildman–Crippen MR) is 64.6 cm³/mol. The molecule has 2 atom stereocenters. The molecule has 0 radical (unpaired) electrons. The van der Waals surface area contributed by atoms with E-state index < -0.39 is 23.8 Å². The van der Waals surface area contributed by atoms with Crippen molar-refractivity contribution < 1.29 is 9.84 Å². The summed E-state index contributed by atoms with van der Waals surface area (Å²) in [6.07, 6.45) is 2.57. The van der Waals surface area contributed by atoms with E-state index in [1.807, 2.05) is 0 Å². The van der Waals surface area contributed by atoms with Gasteiger partial charge in [-0.25, -0.2) is 4.79 Å². The van der Waals surface area contributed by atoms with Gasteiger partial charge in [0, 0.05) is 12.6 Å². The van der Waals surface area contributed by atoms with E-state index in [0.717, 1.165) is 0 Å². The number of ether oxygens (including phenoxy) is 1. The van der Waals surface area contributed by atoms with Crippen LogP contribution in [0.4, 0.5) is 0 Å². The molecule has 1 aliphatic heterocycles. The van der Waals surface area contributed by atoms with Crippen LogP contribution in [0.1, 0.15) is 24.6 Å². The number of rotatable bonds is 2. The second kappa shape index (κ2) is 4.99. The number of aromatic nitrogens is 2. The van der Waals surface area contributed by atoms with Gasteiger partial charge in [0.05, 0.1) is 5.56 Å². The highest BCUT2D eigenvalue weighted by atomic mass is 79.9. The minimum absolute atomic E-state index is 0.339. The van der Waals surface area contributed by atoms with Crippen molar-refractivity contribution in [2.45, 2.75) is 25.4 Å². The van der Waals surface area contributed by atoms with Crippen LogP contribution in [0.5, 0.6) is 0 Å². The van der Waals surface area contributed by atoms with Gasteiger partial charge in [0.25, 0.3) is 5.56 Å². The summed E-state index contributed by atoms with van der Waals surface area (Å²) in [5, 5.41) is 9.25. The maximum absolute atomic E-state index is 11.6. The zero-order valence-corrected chi connectivity index (χ0v) is 10.4. The molecule has 1 aromatic heterocycles. The number of hydrogen-bond donors (Lipinski definition) is 2. The van der Waals surface area contributed by atoms with Crippen LogP contribution in [0, 0.1) is 0 Å². The number of hydrogen-bond acceptors (Lipinski definition) is 4. The van der Waals surface area contributed by atoms with Crippen molar-refractivity contribution in [2.75, 3.05) is 0 Å². The molecule has 0 saturated carbocycles. The first-order valence-electron chi connectivity index (χ1n) is 5.07. The first-order chi connectivity index (χ1) is 8.11. The van der Waals surface area contributed by atoms with Crippen LogP contribution in [-0.4, -0.2) is 20.9 Å². The molecule has 2 N–H and O–H groups in total. The Morgan fingerprint density at radius 3 is 2.88 bits per heavy atom. The highest BCUT2D eigenvalue weighted by Gasteiger charge is 2.25. The van der Waals surface area contributed by atoms with Crippen LogP contribution >= 0.6 is 15.9 Å². The van der Waals surface area contributed by atoms with Gasteiger partial charge in [-0.05, 0) is 17.5 Å². The summed E-state index contributed by atoms with van der Waals surface area (Å²) < 4.78 is 6.44. The largest absolute Gasteiger partial charge is 0.368 e. The van der Waals surface area contributed by atoms with Gasteiger partial charge in [0.15, 0.2) is 6.29 Å². The van der Waals surface area contributed by atoms with E-state index in [0.29, 0.717) is 18.4 Å². The van der Waals surface area contributed by atoms with E-state index >= 15 is 0 Å². The molecule has 0 aliphatic carbocycles. The van der Waals surface area contributed by atoms with Crippen molar-refractivity contribution in [1.82, 2.24) is 9.55 Å². The van der Waals surface area contributed by atoms with Crippen molar-refractivity contribution in [3.63, 3.8) is 0 Å². The lowest BCUT2D eigenvalue weighted by Crippen LogP contribution is -2.33. The lowest BCUT2D eigenvalue weighted by Gasteiger charge is -2.13. The van der Waals surface area contributed by atoms with Crippen LogP contribution < -0.4 is 11.2 Å². The average Bonchev–Trinajstić information content (AvgIpc) is 2.69. The Bertz CT molecular complexity index is 548. The monoisotopic (exact) mass is 302 g/mol. The zero-order valence-electron chi connectivity index (χ0n) is 8.80. The third kappa shape index (κ3) is 2.56. The van der Waals surface area contributed by atoms with Crippen molar-refractivity contribution in [3.8, 4) is 0 Å². The summed E-state index contributed by atoms with van der Waals surface area (Å²) in [6, 6.07) is 0. The number of aliphatic hydroxyl groups excluding tert-OH is 1. The highest BCUT2D eigenvalue weighted by Crippen LogP contribution is 2.25. The van der Waals surface area contributed by atoms with Gasteiger partial charge in [-0.15, -0.1) is 0 Å². The molecule has 7 heteroatoms. The second-order valence-corrected chi connectivity index (χ2v) is 4.20. The van der Waals surface area contributed by atoms with Gasteiger partial charge in [-0.3, -0.25) is 14.3 Å². The molecule has 1 aromatic rings. The van der Waals surface area contributed by atoms with Crippen LogP contribution in [-0.2, 0) is 4.74 Å². The SMILES string of the molecule is O=c1[nH]c(=O)n(C2CC[C@@H](O)O2)cc1/C=C/Br. The smallest absolute Gasteiger partial charge is 0.330 e. The number of aromatic amines is 1. The van der Waals surface area contributed by atoms with Gasteiger partial charge >= 0.3 is 5.69 Å². The summed E-state index contributed by atoms with van der Waals surface area (Å²) in [7, 11) is 0. The van der Waals surface area contributed by atoms with Gasteiger partial charge in [-0.1, -0.05) is 15.9 Å². The normalized spacial score (nSPS) is 24.6. The van der Waals surface area contributed by atoms with Crippen molar-refractivity contribution in [3.05, 3.63) is 37.6 Å². The molecule has 2 rings (SSSR count). The summed E-state index contributed by atoms with van der Waals surface area (Å²) in [6.45, 7) is 0. The van der Waals surface area contributed by atoms with E-state index in [1.54, 1.807) is 0 Å². The zero-order chi connectivity index (χ0) is 12.4. The highest BCUT2D eigenvalue weighted by molar-refractivity contribution is 9.11. The molecular weight excluding hydrogens is 292 g/mol. The topological polar surface area (TPSA) is 84.3 Å². The molecule has 0 aromatic carbocycles. The minimum atomic E-state index is -0.853. The third-order valence-corrected chi connectivity index (χ3v) is 2.79. The Morgan fingerprint density at radius 2 is 2.29 bits per heavy atom. The Balaban J connectivity index is 2.43. The maximum atomic E-state index is 11.6. The lowest BCUT2D eigenvalue weighted by atomic mass is 10.3. The van der Waals surface area contributed by atoms with E-state index in [4.69, 9.17) is 4.74 Å². The number of H-pyrrole nitrogens is 1. The average molecular weight is 303 g/mol. The fraction of sp³-hybridized carbons (Fsp3) is 0.400. The fourth-order valence-electron chi connectivity index (χ4n) is 1.71. The Morgan fingerprint density at radius 1 is 1.53 bits per heavy atom. The lowest BCUT2D eigenvalue weighted by molar-refractivity contribution is -0.113. The van der Waals surface area contributed by atoms with Crippen LogP contribution in [0.3, 0.4) is 0 Å². The molecule has 1 saturated heterocycles. The molecule has 1 fully saturated rings. The molecule has 17 heavy (non-hydrogen) atoms. The fourth-order valence-corrected chi connectivity index (χ4v) is 1.99. The molecule has 92 valence electrons. The number of halogens is 1. The summed E-state index contributed by atoms with van der Waals surface area (Å²) in [5.74, 6) is 0. The predicted octanol–water partition coefficient (Wildman–Crippen LogP) is 0.530. The Labute approximate surface area is 105 Å². The van der Waals surface area contributed by atoms with Crippen LogP contribution in [0.2, 0.25) is 0 Å². The molecule has 0 amide bonds. The second-order valence-electron chi connectivity index (χ2n) is 3.67. The van der Waals surface area contributed by atoms with Gasteiger partial charge < -0.3 is 9.84 Å². The van der Waals surface area contributed by atoms with Crippen molar-refractivity contribution in [1.29, 1.82) is 0 Å². The van der Waals surface area contributed by atoms with Gasteiger partial charge in [0.2, 0.25) is 0 Å². The van der Waals surface area contributed by atoms with E-state index in [1.165, 1.54) is 21.8 Å². The molecule has 0 spiro atoms. The van der Waals surface area contributed by atoms with E-state index in [2.05, 4.69) is 20.9 Å². The van der Waals surface area contributed by atoms with Crippen molar-refractivity contribution in [2.24, 2.45) is 0 Å². The summed E-state index contributed by atoms with van der Waals surface area (Å²) in [5.41, 5.74) is -0.659. The Kier molecular flexibility index (Phi) is 3.60. The summed E-state index contributed by atoms with van der Waals surface area (Å²) in [4.78, 5) is 26.8. The van der Waals surface area contributed by atoms with E-state index in [9.17, 15) is 14.7 Å². The molecule has 6 nitrogen and oxygen atoms in total. The Hall–Kier alpha value is -1.18. The van der Waals surface area contributed by atoms with Crippen LogP contribution in [0.25, 0.3) is 6.08 Å². The molecule has 2 heterocycles. The molecule has 0 bridgehead atoms. The maximum Gasteiger partial charge on any atom is 0.330 e. The van der Waals surface area contributed by atoms with Crippen LogP contribution in [0.15, 0.2) is 20.8 Å². The quantitative estimate of drug-likeness (QED) is 0.834. The number of aliphatic hydroxyl groups is 1. The first kappa shape index (κ1) is 12.3.